The van der Waals surface area contributed by atoms with Gasteiger partial charge in [0.05, 0.1) is 24.5 Å². The van der Waals surface area contributed by atoms with Gasteiger partial charge >= 0.3 is 0 Å². The summed E-state index contributed by atoms with van der Waals surface area (Å²) in [6.45, 7) is 0.475. The highest BCUT2D eigenvalue weighted by atomic mass is 32.2. The molecule has 0 aliphatic heterocycles. The summed E-state index contributed by atoms with van der Waals surface area (Å²) >= 11 is 1.64. The van der Waals surface area contributed by atoms with Crippen molar-refractivity contribution in [1.29, 1.82) is 0 Å². The summed E-state index contributed by atoms with van der Waals surface area (Å²) in [6, 6.07) is -0.278. The molecule has 0 spiro atoms. The smallest absolute Gasteiger partial charge is 0.236 e. The van der Waals surface area contributed by atoms with E-state index in [9.17, 15) is 0 Å². The van der Waals surface area contributed by atoms with E-state index in [4.69, 9.17) is 15.0 Å². The summed E-state index contributed by atoms with van der Waals surface area (Å²) in [5.74, 6) is 1.90. The van der Waals surface area contributed by atoms with Gasteiger partial charge in [0.25, 0.3) is 0 Å². The third-order valence-corrected chi connectivity index (χ3v) is 3.18. The topological polar surface area (TPSA) is 74.2 Å². The van der Waals surface area contributed by atoms with Crippen LogP contribution in [0.25, 0.3) is 0 Å². The molecule has 6 heteroatoms. The Morgan fingerprint density at radius 3 is 3.06 bits per heavy atom. The lowest BCUT2D eigenvalue weighted by molar-refractivity contribution is -0.00549. The number of nitrogens with two attached hydrogens (primary N) is 1. The molecular weight excluding hydrogens is 226 g/mol. The van der Waals surface area contributed by atoms with E-state index in [1.54, 1.807) is 11.8 Å². The highest BCUT2D eigenvalue weighted by Crippen LogP contribution is 2.23. The van der Waals surface area contributed by atoms with E-state index in [1.807, 2.05) is 6.26 Å². The van der Waals surface area contributed by atoms with Crippen molar-refractivity contribution in [3.63, 3.8) is 0 Å². The van der Waals surface area contributed by atoms with Gasteiger partial charge in [-0.1, -0.05) is 5.16 Å². The molecule has 90 valence electrons. The SMILES string of the molecule is CSCc1nc(C(N)COC2CCC2)no1. The maximum Gasteiger partial charge on any atom is 0.236 e. The van der Waals surface area contributed by atoms with Gasteiger partial charge in [-0.25, -0.2) is 0 Å². The molecule has 1 saturated carbocycles. The average molecular weight is 243 g/mol. The first-order valence-corrected chi connectivity index (χ1v) is 6.87. The van der Waals surface area contributed by atoms with Gasteiger partial charge < -0.3 is 15.0 Å². The predicted molar refractivity (Wildman–Crippen MR) is 62.0 cm³/mol. The van der Waals surface area contributed by atoms with Crippen LogP contribution in [-0.2, 0) is 10.5 Å². The molecule has 1 fully saturated rings. The molecule has 0 aromatic carbocycles. The molecule has 1 aliphatic rings. The largest absolute Gasteiger partial charge is 0.376 e. The van der Waals surface area contributed by atoms with Gasteiger partial charge in [0.1, 0.15) is 0 Å². The van der Waals surface area contributed by atoms with Crippen LogP contribution >= 0.6 is 11.8 Å². The molecule has 1 heterocycles. The predicted octanol–water partition coefficient (Wildman–Crippen LogP) is 1.50. The van der Waals surface area contributed by atoms with Crippen LogP contribution in [0.5, 0.6) is 0 Å². The first kappa shape index (κ1) is 11.9. The highest BCUT2D eigenvalue weighted by Gasteiger charge is 2.21. The summed E-state index contributed by atoms with van der Waals surface area (Å²) in [7, 11) is 0. The summed E-state index contributed by atoms with van der Waals surface area (Å²) in [5.41, 5.74) is 5.91. The van der Waals surface area contributed by atoms with Gasteiger partial charge in [0.2, 0.25) is 5.89 Å². The third-order valence-electron chi connectivity index (χ3n) is 2.65. The molecule has 1 aromatic rings. The Hall–Kier alpha value is -0.590. The lowest BCUT2D eigenvalue weighted by Gasteiger charge is -2.26. The fraction of sp³-hybridized carbons (Fsp3) is 0.800. The molecule has 2 N–H and O–H groups in total. The van der Waals surface area contributed by atoms with Crippen molar-refractivity contribution in [3.05, 3.63) is 11.7 Å². The molecule has 1 aliphatic carbocycles. The Labute approximate surface area is 99.1 Å². The maximum atomic E-state index is 5.91. The molecule has 1 unspecified atom stereocenters. The molecule has 0 saturated heterocycles. The summed E-state index contributed by atoms with van der Waals surface area (Å²) in [6.07, 6.45) is 5.94. The lowest BCUT2D eigenvalue weighted by Crippen LogP contribution is -2.27. The van der Waals surface area contributed by atoms with E-state index in [2.05, 4.69) is 10.1 Å². The fourth-order valence-electron chi connectivity index (χ4n) is 1.45. The number of nitrogens with zero attached hydrogens (tertiary/aromatic N) is 2. The fourth-order valence-corrected chi connectivity index (χ4v) is 1.82. The minimum Gasteiger partial charge on any atom is -0.376 e. The Morgan fingerprint density at radius 1 is 1.62 bits per heavy atom. The Bertz CT molecular complexity index is 328. The van der Waals surface area contributed by atoms with Gasteiger partial charge in [-0.15, -0.1) is 0 Å². The van der Waals surface area contributed by atoms with Crippen molar-refractivity contribution in [3.8, 4) is 0 Å². The van der Waals surface area contributed by atoms with Gasteiger partial charge in [-0.3, -0.25) is 0 Å². The zero-order valence-corrected chi connectivity index (χ0v) is 10.2. The minimum absolute atomic E-state index is 0.278. The highest BCUT2D eigenvalue weighted by molar-refractivity contribution is 7.97. The van der Waals surface area contributed by atoms with E-state index in [0.29, 0.717) is 24.4 Å². The van der Waals surface area contributed by atoms with Crippen LogP contribution in [0, 0.1) is 0 Å². The van der Waals surface area contributed by atoms with Gasteiger partial charge in [0.15, 0.2) is 5.82 Å². The quantitative estimate of drug-likeness (QED) is 0.816. The monoisotopic (exact) mass is 243 g/mol. The number of hydrogen-bond donors (Lipinski definition) is 1. The van der Waals surface area contributed by atoms with Crippen LogP contribution in [-0.4, -0.2) is 29.1 Å². The first-order chi connectivity index (χ1) is 7.79. The minimum atomic E-state index is -0.278. The molecule has 16 heavy (non-hydrogen) atoms. The zero-order valence-electron chi connectivity index (χ0n) is 9.39. The second kappa shape index (κ2) is 5.65. The van der Waals surface area contributed by atoms with E-state index in [-0.39, 0.29) is 6.04 Å². The molecule has 1 aromatic heterocycles. The average Bonchev–Trinajstić information content (AvgIpc) is 2.64. The Kier molecular flexibility index (Phi) is 4.20. The van der Waals surface area contributed by atoms with Crippen LogP contribution in [0.3, 0.4) is 0 Å². The summed E-state index contributed by atoms with van der Waals surface area (Å²) in [4.78, 5) is 4.22. The van der Waals surface area contributed by atoms with Crippen molar-refractivity contribution in [1.82, 2.24) is 10.1 Å². The number of rotatable bonds is 6. The van der Waals surface area contributed by atoms with Crippen LogP contribution in [0.1, 0.15) is 37.0 Å². The molecule has 1 atom stereocenters. The Balaban J connectivity index is 1.79. The van der Waals surface area contributed by atoms with Crippen molar-refractivity contribution < 1.29 is 9.26 Å². The van der Waals surface area contributed by atoms with E-state index >= 15 is 0 Å². The lowest BCUT2D eigenvalue weighted by atomic mass is 9.96. The second-order valence-electron chi connectivity index (χ2n) is 3.97. The normalized spacial score (nSPS) is 18.4. The van der Waals surface area contributed by atoms with Gasteiger partial charge in [0, 0.05) is 0 Å². The molecule has 5 nitrogen and oxygen atoms in total. The maximum absolute atomic E-state index is 5.91. The van der Waals surface area contributed by atoms with Crippen LogP contribution in [0.2, 0.25) is 0 Å². The first-order valence-electron chi connectivity index (χ1n) is 5.48. The number of ether oxygens (including phenoxy) is 1. The summed E-state index contributed by atoms with van der Waals surface area (Å²) < 4.78 is 10.7. The molecule has 0 bridgehead atoms. The van der Waals surface area contributed by atoms with Crippen molar-refractivity contribution in [2.75, 3.05) is 12.9 Å². The van der Waals surface area contributed by atoms with E-state index < -0.39 is 0 Å². The number of aromatic nitrogens is 2. The van der Waals surface area contributed by atoms with Crippen molar-refractivity contribution in [2.45, 2.75) is 37.2 Å². The number of hydrogen-bond acceptors (Lipinski definition) is 6. The Morgan fingerprint density at radius 2 is 2.44 bits per heavy atom. The van der Waals surface area contributed by atoms with Crippen LogP contribution in [0.4, 0.5) is 0 Å². The number of thioether (sulfide) groups is 1. The van der Waals surface area contributed by atoms with Crippen molar-refractivity contribution in [2.24, 2.45) is 5.73 Å². The van der Waals surface area contributed by atoms with Gasteiger partial charge in [-0.2, -0.15) is 16.7 Å². The molecule has 0 radical (unpaired) electrons. The van der Waals surface area contributed by atoms with E-state index in [1.165, 1.54) is 6.42 Å². The van der Waals surface area contributed by atoms with E-state index in [0.717, 1.165) is 18.6 Å². The molecule has 2 rings (SSSR count). The molecular formula is C10H17N3O2S. The summed E-state index contributed by atoms with van der Waals surface area (Å²) in [5, 5.41) is 3.85. The standard InChI is InChI=1S/C10H17N3O2S/c1-16-6-9-12-10(13-15-9)8(11)5-14-7-3-2-4-7/h7-8H,2-6,11H2,1H3. The van der Waals surface area contributed by atoms with Crippen LogP contribution < -0.4 is 5.73 Å². The van der Waals surface area contributed by atoms with Gasteiger partial charge in [-0.05, 0) is 25.5 Å². The van der Waals surface area contributed by atoms with Crippen LogP contribution in [0.15, 0.2) is 4.52 Å². The molecule has 0 amide bonds. The third kappa shape index (κ3) is 2.96. The second-order valence-corrected chi connectivity index (χ2v) is 4.84. The van der Waals surface area contributed by atoms with Crippen molar-refractivity contribution >= 4 is 11.8 Å². The zero-order chi connectivity index (χ0) is 11.4.